The van der Waals surface area contributed by atoms with Crippen molar-refractivity contribution in [3.05, 3.63) is 448 Å². The van der Waals surface area contributed by atoms with Crippen molar-refractivity contribution in [2.45, 2.75) is 52.4 Å². The molecular formula is C114H90N4Si2. The van der Waals surface area contributed by atoms with Gasteiger partial charge >= 0.3 is 0 Å². The van der Waals surface area contributed by atoms with Gasteiger partial charge in [0, 0.05) is 33.2 Å². The molecule has 0 aliphatic heterocycles. The molecule has 0 aliphatic carbocycles. The summed E-state index contributed by atoms with van der Waals surface area (Å²) in [6.07, 6.45) is 0. The van der Waals surface area contributed by atoms with E-state index in [1.807, 2.05) is 0 Å². The average Bonchev–Trinajstić information content (AvgIpc) is 0.761. The molecule has 120 heavy (non-hydrogen) atoms. The number of nitrogens with zero attached hydrogens (tertiary/aromatic N) is 4. The van der Waals surface area contributed by atoms with E-state index in [-0.39, 0.29) is 10.8 Å². The number of fused-ring (bicyclic) bond motifs is 6. The van der Waals surface area contributed by atoms with E-state index in [4.69, 9.17) is 9.97 Å². The molecule has 20 rings (SSSR count). The lowest BCUT2D eigenvalue weighted by Gasteiger charge is -2.39. The molecule has 4 nitrogen and oxygen atoms in total. The molecule has 0 amide bonds. The Morgan fingerprint density at radius 1 is 0.192 bits per heavy atom. The van der Waals surface area contributed by atoms with Crippen LogP contribution in [0.25, 0.3) is 133 Å². The van der Waals surface area contributed by atoms with E-state index in [0.717, 1.165) is 117 Å². The number of hydrogen-bond donors (Lipinski definition) is 0. The highest BCUT2D eigenvalue weighted by Gasteiger charge is 2.47. The van der Waals surface area contributed by atoms with E-state index in [0.29, 0.717) is 5.95 Å². The summed E-state index contributed by atoms with van der Waals surface area (Å²) >= 11 is 0. The molecule has 0 saturated carbocycles. The summed E-state index contributed by atoms with van der Waals surface area (Å²) in [5.41, 5.74) is 22.1. The summed E-state index contributed by atoms with van der Waals surface area (Å²) in [6, 6.07) is 165. The van der Waals surface area contributed by atoms with Crippen LogP contribution in [0.15, 0.2) is 437 Å². The maximum absolute atomic E-state index is 6.23. The predicted molar refractivity (Wildman–Crippen MR) is 513 cm³/mol. The van der Waals surface area contributed by atoms with E-state index < -0.39 is 16.1 Å². The van der Waals surface area contributed by atoms with Crippen molar-refractivity contribution in [1.29, 1.82) is 0 Å². The summed E-state index contributed by atoms with van der Waals surface area (Å²) in [5.74, 6) is 1.33. The van der Waals surface area contributed by atoms with Crippen molar-refractivity contribution in [3.63, 3.8) is 0 Å². The van der Waals surface area contributed by atoms with Crippen LogP contribution in [0.5, 0.6) is 0 Å². The molecule has 0 bridgehead atoms. The smallest absolute Gasteiger partial charge is 0.237 e. The molecule has 20 aromatic rings. The second-order valence-electron chi connectivity index (χ2n) is 34.0. The fourth-order valence-corrected chi connectivity index (χ4v) is 28.2. The van der Waals surface area contributed by atoms with Crippen LogP contribution < -0.4 is 41.5 Å². The van der Waals surface area contributed by atoms with Crippen LogP contribution in [0.3, 0.4) is 0 Å². The molecule has 0 unspecified atom stereocenters. The molecule has 17 aromatic carbocycles. The maximum atomic E-state index is 6.23. The SMILES string of the molecule is CC(C)(C)c1ccc2c(c1)c1cc(C(C)(C)C)ccc1n2-c1cc(-c2cc([Si](c3ccc(-c4ccccc4)cc3)(c3ccc(-c4ccccc4)cc3)c3ccc(-c4ccccc4)cc3)cc([Si](c3ccc(-c4ccccc4)cc3)(c3ccc(-c4ccccc4)cc3)c3ccc(-c4ccccc4)cc3)c2)nc(-n2c3ccccc3c3ccccc32)n1. The Kier molecular flexibility index (Phi) is 19.1. The van der Waals surface area contributed by atoms with E-state index in [1.165, 1.54) is 63.4 Å². The summed E-state index contributed by atoms with van der Waals surface area (Å²) in [7, 11) is -7.52. The van der Waals surface area contributed by atoms with Crippen LogP contribution in [-0.2, 0) is 10.8 Å². The van der Waals surface area contributed by atoms with Gasteiger partial charge in [0.05, 0.1) is 27.8 Å². The van der Waals surface area contributed by atoms with Crippen LogP contribution in [0.4, 0.5) is 0 Å². The first-order chi connectivity index (χ1) is 58.7. The fourth-order valence-electron chi connectivity index (χ4n) is 18.6. The van der Waals surface area contributed by atoms with E-state index in [9.17, 15) is 0 Å². The van der Waals surface area contributed by atoms with Crippen molar-refractivity contribution in [3.8, 4) is 89.8 Å². The Morgan fingerprint density at radius 2 is 0.442 bits per heavy atom. The number of benzene rings is 17. The van der Waals surface area contributed by atoms with Crippen LogP contribution >= 0.6 is 0 Å². The number of rotatable bonds is 17. The molecule has 574 valence electrons. The van der Waals surface area contributed by atoms with Crippen molar-refractivity contribution in [1.82, 2.24) is 19.1 Å². The molecule has 6 heteroatoms. The van der Waals surface area contributed by atoms with Crippen LogP contribution in [0.2, 0.25) is 0 Å². The molecule has 0 saturated heterocycles. The van der Waals surface area contributed by atoms with Gasteiger partial charge < -0.3 is 0 Å². The fraction of sp³-hybridized carbons (Fsp3) is 0.0702. The second kappa shape index (κ2) is 30.7. The molecular weight excluding hydrogens is 1480 g/mol. The van der Waals surface area contributed by atoms with Gasteiger partial charge in [0.15, 0.2) is 16.1 Å². The van der Waals surface area contributed by atoms with Gasteiger partial charge in [0.25, 0.3) is 0 Å². The molecule has 3 aromatic heterocycles. The van der Waals surface area contributed by atoms with Gasteiger partial charge in [-0.2, -0.15) is 4.98 Å². The Hall–Kier alpha value is -14.1. The Morgan fingerprint density at radius 3 is 0.717 bits per heavy atom. The van der Waals surface area contributed by atoms with Crippen molar-refractivity contribution in [2.24, 2.45) is 0 Å². The molecule has 0 N–H and O–H groups in total. The van der Waals surface area contributed by atoms with Crippen molar-refractivity contribution in [2.75, 3.05) is 0 Å². The van der Waals surface area contributed by atoms with Crippen LogP contribution in [0, 0.1) is 0 Å². The van der Waals surface area contributed by atoms with Gasteiger partial charge in [-0.3, -0.25) is 9.13 Å². The standard InChI is InChI=1S/C114H90N4Si2/c1-113(2,3)92-57-71-109-104(75-92)105-76-93(114(4,5)6)58-72-110(105)117(109)111-78-106(115-112(116-111)118-107-43-27-25-41-102(107)103-42-26-28-44-108(103)118)91-73-100(119(94-59-45-85(46-60-94)79-29-13-7-14-30-79,95-61-47-86(48-62-95)80-31-15-8-16-32-80)96-63-49-87(50-64-96)81-33-17-9-18-34-81)77-101(74-91)120(97-65-51-88(52-66-97)82-35-19-10-20-36-82,98-67-53-89(54-68-98)83-37-21-11-22-38-83)99-69-55-90(56-70-99)84-39-23-12-24-40-84/h7-78H,1-6H3. The van der Waals surface area contributed by atoms with Crippen LogP contribution in [0.1, 0.15) is 52.7 Å². The highest BCUT2D eigenvalue weighted by molar-refractivity contribution is 7.22. The monoisotopic (exact) mass is 1570 g/mol. The zero-order valence-corrected chi connectivity index (χ0v) is 70.4. The molecule has 0 radical (unpaired) electrons. The van der Waals surface area contributed by atoms with Gasteiger partial charge in [0.1, 0.15) is 5.82 Å². The Labute approximate surface area is 705 Å². The highest BCUT2D eigenvalue weighted by Crippen LogP contribution is 2.40. The van der Waals surface area contributed by atoms with E-state index >= 15 is 0 Å². The normalized spacial score (nSPS) is 12.1. The lowest BCUT2D eigenvalue weighted by atomic mass is 9.85. The summed E-state index contributed by atoms with van der Waals surface area (Å²) in [4.78, 5) is 12.3. The summed E-state index contributed by atoms with van der Waals surface area (Å²) in [6.45, 7) is 13.9. The quantitative estimate of drug-likeness (QED) is 0.0673. The topological polar surface area (TPSA) is 35.6 Å². The summed E-state index contributed by atoms with van der Waals surface area (Å²) < 4.78 is 4.75. The first kappa shape index (κ1) is 74.7. The largest absolute Gasteiger partial charge is 0.294 e. The molecule has 3 heterocycles. The van der Waals surface area contributed by atoms with E-state index in [2.05, 4.69) is 487 Å². The first-order valence-corrected chi connectivity index (χ1v) is 45.8. The second-order valence-corrected chi connectivity index (χ2v) is 41.7. The lowest BCUT2D eigenvalue weighted by molar-refractivity contribution is 0.590. The van der Waals surface area contributed by atoms with Crippen molar-refractivity contribution < 1.29 is 0 Å². The van der Waals surface area contributed by atoms with Crippen molar-refractivity contribution >= 4 is 101 Å². The van der Waals surface area contributed by atoms with Gasteiger partial charge in [-0.15, -0.1) is 0 Å². The zero-order valence-electron chi connectivity index (χ0n) is 68.4. The van der Waals surface area contributed by atoms with Crippen LogP contribution in [-0.4, -0.2) is 35.2 Å². The minimum absolute atomic E-state index is 0.120. The third kappa shape index (κ3) is 13.4. The molecule has 0 aliphatic rings. The maximum Gasteiger partial charge on any atom is 0.237 e. The average molecular weight is 1570 g/mol. The van der Waals surface area contributed by atoms with Gasteiger partial charge in [-0.05, 0) is 167 Å². The molecule has 0 spiro atoms. The number of hydrogen-bond acceptors (Lipinski definition) is 2. The third-order valence-corrected chi connectivity index (χ3v) is 34.4. The van der Waals surface area contributed by atoms with Gasteiger partial charge in [-0.1, -0.05) is 436 Å². The molecule has 0 atom stereocenters. The zero-order chi connectivity index (χ0) is 81.1. The Balaban J connectivity index is 0.971. The predicted octanol–water partition coefficient (Wildman–Crippen LogP) is 23.7. The molecule has 0 fully saturated rings. The number of para-hydroxylation sites is 2. The van der Waals surface area contributed by atoms with E-state index in [1.54, 1.807) is 0 Å². The highest BCUT2D eigenvalue weighted by atomic mass is 28.3. The lowest BCUT2D eigenvalue weighted by Crippen LogP contribution is -2.78. The Bertz CT molecular complexity index is 6320. The minimum Gasteiger partial charge on any atom is -0.294 e. The van der Waals surface area contributed by atoms with Gasteiger partial charge in [-0.25, -0.2) is 4.98 Å². The first-order valence-electron chi connectivity index (χ1n) is 41.8. The third-order valence-electron chi connectivity index (χ3n) is 24.9. The summed E-state index contributed by atoms with van der Waals surface area (Å²) in [5, 5.41) is 14.5. The van der Waals surface area contributed by atoms with Gasteiger partial charge in [0.2, 0.25) is 5.95 Å². The number of aromatic nitrogens is 4. The minimum atomic E-state index is -3.76.